The van der Waals surface area contributed by atoms with Gasteiger partial charge in [-0.1, -0.05) is 31.4 Å². The van der Waals surface area contributed by atoms with Crippen LogP contribution in [-0.4, -0.2) is 52.5 Å². The van der Waals surface area contributed by atoms with Gasteiger partial charge in [0.1, 0.15) is 0 Å². The van der Waals surface area contributed by atoms with Crippen LogP contribution in [0, 0.1) is 0 Å². The summed E-state index contributed by atoms with van der Waals surface area (Å²) in [5, 5.41) is 0. The summed E-state index contributed by atoms with van der Waals surface area (Å²) in [6.45, 7) is 3.93. The third-order valence-electron chi connectivity index (χ3n) is 5.88. The van der Waals surface area contributed by atoms with Crippen molar-refractivity contribution >= 4 is 17.0 Å². The van der Waals surface area contributed by atoms with Gasteiger partial charge in [0.15, 0.2) is 5.58 Å². The van der Waals surface area contributed by atoms with Crippen LogP contribution < -0.4 is 5.76 Å². The molecule has 26 heavy (non-hydrogen) atoms. The number of para-hydroxylation sites is 2. The first-order chi connectivity index (χ1) is 12.7. The van der Waals surface area contributed by atoms with Gasteiger partial charge in [0.2, 0.25) is 5.91 Å². The lowest BCUT2D eigenvalue weighted by molar-refractivity contribution is -0.133. The van der Waals surface area contributed by atoms with Gasteiger partial charge < -0.3 is 9.32 Å². The highest BCUT2D eigenvalue weighted by atomic mass is 16.4. The van der Waals surface area contributed by atoms with Crippen LogP contribution in [0.3, 0.4) is 0 Å². The molecule has 1 saturated heterocycles. The van der Waals surface area contributed by atoms with Crippen LogP contribution in [0.2, 0.25) is 0 Å². The van der Waals surface area contributed by atoms with Gasteiger partial charge in [-0.15, -0.1) is 0 Å². The fourth-order valence-corrected chi connectivity index (χ4v) is 4.37. The van der Waals surface area contributed by atoms with E-state index in [0.29, 0.717) is 18.5 Å². The van der Waals surface area contributed by atoms with Crippen LogP contribution in [0.4, 0.5) is 0 Å². The molecule has 6 nitrogen and oxygen atoms in total. The van der Waals surface area contributed by atoms with Gasteiger partial charge in [-0.05, 0) is 25.0 Å². The summed E-state index contributed by atoms with van der Waals surface area (Å²) in [5.74, 6) is -0.258. The predicted octanol–water partition coefficient (Wildman–Crippen LogP) is 2.46. The monoisotopic (exact) mass is 357 g/mol. The molecule has 0 spiro atoms. The van der Waals surface area contributed by atoms with Crippen LogP contribution in [0.25, 0.3) is 11.1 Å². The number of carbonyl (C=O) groups is 1. The first-order valence-corrected chi connectivity index (χ1v) is 9.82. The zero-order valence-electron chi connectivity index (χ0n) is 15.2. The van der Waals surface area contributed by atoms with E-state index in [9.17, 15) is 9.59 Å². The Morgan fingerprint density at radius 2 is 1.77 bits per heavy atom. The van der Waals surface area contributed by atoms with Crippen molar-refractivity contribution in [2.75, 3.05) is 26.2 Å². The smallest absolute Gasteiger partial charge is 0.408 e. The van der Waals surface area contributed by atoms with E-state index in [4.69, 9.17) is 4.42 Å². The number of oxazole rings is 1. The zero-order chi connectivity index (χ0) is 17.9. The minimum atomic E-state index is -0.388. The first kappa shape index (κ1) is 17.3. The van der Waals surface area contributed by atoms with E-state index in [1.165, 1.54) is 32.1 Å². The average molecular weight is 357 g/mol. The fraction of sp³-hybridized carbons (Fsp3) is 0.600. The summed E-state index contributed by atoms with van der Waals surface area (Å²) in [7, 11) is 0. The van der Waals surface area contributed by atoms with E-state index < -0.39 is 0 Å². The third kappa shape index (κ3) is 3.56. The molecule has 0 N–H and O–H groups in total. The number of hydrogen-bond acceptors (Lipinski definition) is 4. The Balaban J connectivity index is 1.31. The lowest BCUT2D eigenvalue weighted by Crippen LogP contribution is -2.52. The Hall–Kier alpha value is -2.08. The van der Waals surface area contributed by atoms with Gasteiger partial charge in [-0.25, -0.2) is 4.79 Å². The van der Waals surface area contributed by atoms with Crippen molar-refractivity contribution in [1.82, 2.24) is 14.4 Å². The van der Waals surface area contributed by atoms with E-state index >= 15 is 0 Å². The molecule has 1 amide bonds. The molecule has 2 aromatic rings. The second-order valence-corrected chi connectivity index (χ2v) is 7.45. The first-order valence-electron chi connectivity index (χ1n) is 9.82. The number of benzene rings is 1. The molecule has 0 radical (unpaired) electrons. The van der Waals surface area contributed by atoms with Crippen LogP contribution in [0.15, 0.2) is 33.5 Å². The van der Waals surface area contributed by atoms with E-state index in [-0.39, 0.29) is 11.7 Å². The van der Waals surface area contributed by atoms with Crippen LogP contribution in [0.1, 0.15) is 38.5 Å². The van der Waals surface area contributed by atoms with E-state index in [1.807, 2.05) is 23.1 Å². The van der Waals surface area contributed by atoms with Gasteiger partial charge in [0.25, 0.3) is 0 Å². The highest BCUT2D eigenvalue weighted by Crippen LogP contribution is 2.23. The van der Waals surface area contributed by atoms with Crippen LogP contribution in [0.5, 0.6) is 0 Å². The summed E-state index contributed by atoms with van der Waals surface area (Å²) in [5.41, 5.74) is 1.33. The second kappa shape index (κ2) is 7.66. The van der Waals surface area contributed by atoms with E-state index in [2.05, 4.69) is 4.90 Å². The topological polar surface area (TPSA) is 58.7 Å². The number of aryl methyl sites for hydroxylation is 1. The fourth-order valence-electron chi connectivity index (χ4n) is 4.37. The Kier molecular flexibility index (Phi) is 5.11. The summed E-state index contributed by atoms with van der Waals surface area (Å²) < 4.78 is 6.79. The molecule has 2 fully saturated rings. The van der Waals surface area contributed by atoms with Gasteiger partial charge in [0.05, 0.1) is 5.52 Å². The predicted molar refractivity (Wildman–Crippen MR) is 100 cm³/mol. The number of carbonyl (C=O) groups excluding carboxylic acids is 1. The number of amides is 1. The molecular weight excluding hydrogens is 330 g/mol. The van der Waals surface area contributed by atoms with Crippen LogP contribution in [-0.2, 0) is 11.3 Å². The van der Waals surface area contributed by atoms with Crippen molar-refractivity contribution in [3.05, 3.63) is 34.8 Å². The van der Waals surface area contributed by atoms with Gasteiger partial charge in [-0.3, -0.25) is 14.3 Å². The minimum Gasteiger partial charge on any atom is -0.408 e. The second-order valence-electron chi connectivity index (χ2n) is 7.45. The SMILES string of the molecule is O=C(CCn1c(=O)oc2ccccc21)N1CCN(C2CCCCC2)CC1. The van der Waals surface area contributed by atoms with Gasteiger partial charge >= 0.3 is 5.76 Å². The van der Waals surface area contributed by atoms with Crippen LogP contribution >= 0.6 is 0 Å². The molecule has 1 aliphatic carbocycles. The number of rotatable bonds is 4. The van der Waals surface area contributed by atoms with Crippen molar-refractivity contribution < 1.29 is 9.21 Å². The van der Waals surface area contributed by atoms with Crippen molar-refractivity contribution in [1.29, 1.82) is 0 Å². The van der Waals surface area contributed by atoms with Crippen molar-refractivity contribution in [3.63, 3.8) is 0 Å². The van der Waals surface area contributed by atoms with Crippen molar-refractivity contribution in [2.24, 2.45) is 0 Å². The minimum absolute atomic E-state index is 0.130. The molecule has 0 unspecified atom stereocenters. The summed E-state index contributed by atoms with van der Waals surface area (Å²) >= 11 is 0. The summed E-state index contributed by atoms with van der Waals surface area (Å²) in [6.07, 6.45) is 7.02. The van der Waals surface area contributed by atoms with E-state index in [0.717, 1.165) is 37.7 Å². The molecule has 2 heterocycles. The van der Waals surface area contributed by atoms with Gasteiger partial charge in [0, 0.05) is 45.2 Å². The number of aromatic nitrogens is 1. The lowest BCUT2D eigenvalue weighted by Gasteiger charge is -2.40. The molecule has 1 aliphatic heterocycles. The number of hydrogen-bond donors (Lipinski definition) is 0. The standard InChI is InChI=1S/C20H27N3O3/c24-19(10-11-23-17-8-4-5-9-18(17)26-20(23)25)22-14-12-21(13-15-22)16-6-2-1-3-7-16/h4-5,8-9,16H,1-3,6-7,10-15H2. The van der Waals surface area contributed by atoms with Crippen molar-refractivity contribution in [3.8, 4) is 0 Å². The molecule has 0 atom stereocenters. The molecular formula is C20H27N3O3. The molecule has 0 bridgehead atoms. The molecule has 1 aromatic heterocycles. The quantitative estimate of drug-likeness (QED) is 0.843. The molecule has 6 heteroatoms. The highest BCUT2D eigenvalue weighted by Gasteiger charge is 2.27. The summed E-state index contributed by atoms with van der Waals surface area (Å²) in [4.78, 5) is 29.1. The molecule has 140 valence electrons. The van der Waals surface area contributed by atoms with Gasteiger partial charge in [-0.2, -0.15) is 0 Å². The Labute approximate surface area is 153 Å². The maximum atomic E-state index is 12.6. The lowest BCUT2D eigenvalue weighted by atomic mass is 9.94. The Bertz CT molecular complexity index is 811. The maximum absolute atomic E-state index is 12.6. The largest absolute Gasteiger partial charge is 0.419 e. The third-order valence-corrected chi connectivity index (χ3v) is 5.88. The molecule has 1 aromatic carbocycles. The van der Waals surface area contributed by atoms with E-state index in [1.54, 1.807) is 10.6 Å². The zero-order valence-corrected chi connectivity index (χ0v) is 15.2. The maximum Gasteiger partial charge on any atom is 0.419 e. The normalized spacial score (nSPS) is 19.9. The van der Waals surface area contributed by atoms with Crippen molar-refractivity contribution in [2.45, 2.75) is 51.1 Å². The number of fused-ring (bicyclic) bond motifs is 1. The average Bonchev–Trinajstić information content (AvgIpc) is 3.02. The number of nitrogens with zero attached hydrogens (tertiary/aromatic N) is 3. The highest BCUT2D eigenvalue weighted by molar-refractivity contribution is 5.77. The Morgan fingerprint density at radius 1 is 1.04 bits per heavy atom. The molecule has 4 rings (SSSR count). The number of piperazine rings is 1. The Morgan fingerprint density at radius 3 is 2.54 bits per heavy atom. The molecule has 1 saturated carbocycles. The summed E-state index contributed by atoms with van der Waals surface area (Å²) in [6, 6.07) is 8.07. The molecule has 2 aliphatic rings.